The quantitative estimate of drug-likeness (QED) is 0.830. The Morgan fingerprint density at radius 2 is 1.79 bits per heavy atom. The summed E-state index contributed by atoms with van der Waals surface area (Å²) in [5.41, 5.74) is 6.12. The van der Waals surface area contributed by atoms with E-state index in [0.29, 0.717) is 18.0 Å². The molecule has 2 rings (SSSR count). The summed E-state index contributed by atoms with van der Waals surface area (Å²) in [7, 11) is 2.23. The first-order valence-electron chi connectivity index (χ1n) is 7.76. The minimum atomic E-state index is -0.230. The van der Waals surface area contributed by atoms with Crippen molar-refractivity contribution in [3.63, 3.8) is 0 Å². The molecule has 19 heavy (non-hydrogen) atoms. The fourth-order valence-electron chi connectivity index (χ4n) is 3.14. The second kappa shape index (κ2) is 6.53. The molecule has 1 spiro atoms. The van der Waals surface area contributed by atoms with Crippen LogP contribution in [0.25, 0.3) is 0 Å². The smallest absolute Gasteiger partial charge is 0.168 e. The molecule has 0 bridgehead atoms. The normalized spacial score (nSPS) is 25.6. The molecular formula is C15H30N2O2. The highest BCUT2D eigenvalue weighted by atomic mass is 16.7. The molecule has 1 aliphatic heterocycles. The lowest BCUT2D eigenvalue weighted by atomic mass is 9.89. The van der Waals surface area contributed by atoms with Gasteiger partial charge in [0.15, 0.2) is 5.79 Å². The highest BCUT2D eigenvalue weighted by Gasteiger charge is 2.40. The van der Waals surface area contributed by atoms with Gasteiger partial charge in [-0.1, -0.05) is 13.8 Å². The summed E-state index contributed by atoms with van der Waals surface area (Å²) in [6, 6.07) is 0.983. The van der Waals surface area contributed by atoms with Crippen LogP contribution in [-0.4, -0.2) is 49.6 Å². The highest BCUT2D eigenvalue weighted by molar-refractivity contribution is 4.86. The lowest BCUT2D eigenvalue weighted by molar-refractivity contribution is -0.183. The first kappa shape index (κ1) is 15.2. The number of hydrogen-bond acceptors (Lipinski definition) is 4. The topological polar surface area (TPSA) is 47.7 Å². The van der Waals surface area contributed by atoms with Crippen molar-refractivity contribution < 1.29 is 9.47 Å². The molecule has 0 aromatic rings. The van der Waals surface area contributed by atoms with Crippen molar-refractivity contribution in [2.75, 3.05) is 26.8 Å². The Kier molecular flexibility index (Phi) is 5.23. The van der Waals surface area contributed by atoms with E-state index in [1.54, 1.807) is 0 Å². The summed E-state index contributed by atoms with van der Waals surface area (Å²) < 4.78 is 11.6. The maximum atomic E-state index is 6.12. The molecule has 2 fully saturated rings. The van der Waals surface area contributed by atoms with Gasteiger partial charge in [-0.3, -0.25) is 0 Å². The number of hydrogen-bond donors (Lipinski definition) is 1. The number of nitrogens with zero attached hydrogens (tertiary/aromatic N) is 1. The zero-order valence-corrected chi connectivity index (χ0v) is 12.7. The molecule has 1 heterocycles. The van der Waals surface area contributed by atoms with Crippen LogP contribution in [0, 0.1) is 5.92 Å². The molecule has 4 nitrogen and oxygen atoms in total. The Balaban J connectivity index is 1.71. The van der Waals surface area contributed by atoms with E-state index in [0.717, 1.165) is 39.0 Å². The molecule has 0 aromatic heterocycles. The predicted octanol–water partition coefficient (Wildman–Crippen LogP) is 1.98. The van der Waals surface area contributed by atoms with Crippen molar-refractivity contribution in [1.29, 1.82) is 0 Å². The lowest BCUT2D eigenvalue weighted by Gasteiger charge is -2.39. The van der Waals surface area contributed by atoms with Gasteiger partial charge in [0.25, 0.3) is 0 Å². The molecular weight excluding hydrogens is 240 g/mol. The molecule has 0 amide bonds. The predicted molar refractivity (Wildman–Crippen MR) is 77.0 cm³/mol. The molecule has 2 aliphatic rings. The van der Waals surface area contributed by atoms with E-state index in [9.17, 15) is 0 Å². The third-order valence-corrected chi connectivity index (χ3v) is 4.83. The average Bonchev–Trinajstić information content (AvgIpc) is 2.84. The second-order valence-electron chi connectivity index (χ2n) is 6.52. The van der Waals surface area contributed by atoms with Gasteiger partial charge >= 0.3 is 0 Å². The van der Waals surface area contributed by atoms with Crippen molar-refractivity contribution in [2.24, 2.45) is 11.7 Å². The lowest BCUT2D eigenvalue weighted by Crippen LogP contribution is -2.44. The van der Waals surface area contributed by atoms with Gasteiger partial charge in [0, 0.05) is 24.9 Å². The summed E-state index contributed by atoms with van der Waals surface area (Å²) >= 11 is 0. The minimum Gasteiger partial charge on any atom is -0.348 e. The Morgan fingerprint density at radius 3 is 2.32 bits per heavy atom. The van der Waals surface area contributed by atoms with Gasteiger partial charge in [0.2, 0.25) is 0 Å². The molecule has 0 aromatic carbocycles. The van der Waals surface area contributed by atoms with Crippen molar-refractivity contribution in [2.45, 2.75) is 63.8 Å². The highest BCUT2D eigenvalue weighted by Crippen LogP contribution is 2.37. The third kappa shape index (κ3) is 3.91. The Labute approximate surface area is 117 Å². The molecule has 1 saturated heterocycles. The fourth-order valence-corrected chi connectivity index (χ4v) is 3.14. The van der Waals surface area contributed by atoms with E-state index in [1.165, 1.54) is 12.8 Å². The monoisotopic (exact) mass is 270 g/mol. The van der Waals surface area contributed by atoms with Crippen LogP contribution in [0.1, 0.15) is 46.0 Å². The molecule has 1 aliphatic carbocycles. The van der Waals surface area contributed by atoms with Crippen LogP contribution >= 0.6 is 0 Å². The summed E-state index contributed by atoms with van der Waals surface area (Å²) in [4.78, 5) is 2.48. The summed E-state index contributed by atoms with van der Waals surface area (Å²) in [6.07, 6.45) is 5.51. The van der Waals surface area contributed by atoms with Crippen LogP contribution < -0.4 is 5.73 Å². The second-order valence-corrected chi connectivity index (χ2v) is 6.52. The summed E-state index contributed by atoms with van der Waals surface area (Å²) in [5.74, 6) is 0.342. The maximum Gasteiger partial charge on any atom is 0.168 e. The fraction of sp³-hybridized carbons (Fsp3) is 1.00. The van der Waals surface area contributed by atoms with Crippen molar-refractivity contribution in [3.8, 4) is 0 Å². The van der Waals surface area contributed by atoms with E-state index in [-0.39, 0.29) is 5.79 Å². The maximum absolute atomic E-state index is 6.12. The Morgan fingerprint density at radius 1 is 1.21 bits per heavy atom. The van der Waals surface area contributed by atoms with Crippen LogP contribution in [0.3, 0.4) is 0 Å². The van der Waals surface area contributed by atoms with Crippen LogP contribution in [0.5, 0.6) is 0 Å². The van der Waals surface area contributed by atoms with Gasteiger partial charge in [-0.2, -0.15) is 0 Å². The van der Waals surface area contributed by atoms with E-state index in [4.69, 9.17) is 15.2 Å². The van der Waals surface area contributed by atoms with Gasteiger partial charge in [0.05, 0.1) is 13.2 Å². The van der Waals surface area contributed by atoms with Gasteiger partial charge in [-0.15, -0.1) is 0 Å². The van der Waals surface area contributed by atoms with Crippen LogP contribution in [-0.2, 0) is 9.47 Å². The first-order chi connectivity index (χ1) is 9.02. The van der Waals surface area contributed by atoms with Crippen molar-refractivity contribution in [3.05, 3.63) is 0 Å². The third-order valence-electron chi connectivity index (χ3n) is 4.83. The van der Waals surface area contributed by atoms with Crippen molar-refractivity contribution >= 4 is 0 Å². The zero-order chi connectivity index (χ0) is 13.9. The Bertz CT molecular complexity index is 267. The Hall–Kier alpha value is -0.160. The molecule has 112 valence electrons. The SMILES string of the molecule is CC(C)C(N)CCN(C)C1CCC2(CC1)OCCO2. The van der Waals surface area contributed by atoms with Crippen LogP contribution in [0.15, 0.2) is 0 Å². The van der Waals surface area contributed by atoms with Gasteiger partial charge < -0.3 is 20.1 Å². The molecule has 1 unspecified atom stereocenters. The first-order valence-corrected chi connectivity index (χ1v) is 7.76. The molecule has 2 N–H and O–H groups in total. The van der Waals surface area contributed by atoms with Crippen molar-refractivity contribution in [1.82, 2.24) is 4.90 Å². The summed E-state index contributed by atoms with van der Waals surface area (Å²) in [6.45, 7) is 7.03. The van der Waals surface area contributed by atoms with E-state index >= 15 is 0 Å². The number of ether oxygens (including phenoxy) is 2. The van der Waals surface area contributed by atoms with E-state index < -0.39 is 0 Å². The largest absolute Gasteiger partial charge is 0.348 e. The van der Waals surface area contributed by atoms with Crippen LogP contribution in [0.4, 0.5) is 0 Å². The minimum absolute atomic E-state index is 0.230. The zero-order valence-electron chi connectivity index (χ0n) is 12.7. The van der Waals surface area contributed by atoms with Gasteiger partial charge in [-0.05, 0) is 38.8 Å². The van der Waals surface area contributed by atoms with Gasteiger partial charge in [-0.25, -0.2) is 0 Å². The average molecular weight is 270 g/mol. The molecule has 4 heteroatoms. The van der Waals surface area contributed by atoms with E-state index in [2.05, 4.69) is 25.8 Å². The van der Waals surface area contributed by atoms with Gasteiger partial charge in [0.1, 0.15) is 0 Å². The van der Waals surface area contributed by atoms with E-state index in [1.807, 2.05) is 0 Å². The number of nitrogens with two attached hydrogens (primary N) is 1. The standard InChI is InChI=1S/C15H30N2O2/c1-12(2)14(16)6-9-17(3)13-4-7-15(8-5-13)18-10-11-19-15/h12-14H,4-11,16H2,1-3H3. The molecule has 1 atom stereocenters. The van der Waals surface area contributed by atoms with Crippen LogP contribution in [0.2, 0.25) is 0 Å². The summed E-state index contributed by atoms with van der Waals surface area (Å²) in [5, 5.41) is 0. The molecule has 0 radical (unpaired) electrons. The number of rotatable bonds is 5. The molecule has 1 saturated carbocycles.